The Labute approximate surface area is 193 Å². The highest BCUT2D eigenvalue weighted by atomic mass is 127. The number of guanidine groups is 1. The molecule has 1 saturated carbocycles. The Morgan fingerprint density at radius 1 is 1.07 bits per heavy atom. The summed E-state index contributed by atoms with van der Waals surface area (Å²) < 4.78 is 18.5. The van der Waals surface area contributed by atoms with Crippen LogP contribution < -0.4 is 20.7 Å². The van der Waals surface area contributed by atoms with Crippen molar-refractivity contribution in [1.82, 2.24) is 16.0 Å². The summed E-state index contributed by atoms with van der Waals surface area (Å²) in [7, 11) is 1.71. The Kier molecular flexibility index (Phi) is 9.85. The summed E-state index contributed by atoms with van der Waals surface area (Å²) in [4.78, 5) is 15.8. The molecule has 0 spiro atoms. The molecule has 2 aromatic rings. The minimum absolute atomic E-state index is 0. The van der Waals surface area contributed by atoms with Crippen LogP contribution in [0.15, 0.2) is 53.5 Å². The van der Waals surface area contributed by atoms with Crippen LogP contribution in [-0.4, -0.2) is 38.1 Å². The number of ether oxygens (including phenoxy) is 1. The lowest BCUT2D eigenvalue weighted by Crippen LogP contribution is -2.37. The third kappa shape index (κ3) is 8.56. The Balaban J connectivity index is 0.00000320. The van der Waals surface area contributed by atoms with Gasteiger partial charge in [0, 0.05) is 26.2 Å². The van der Waals surface area contributed by atoms with Gasteiger partial charge in [0.1, 0.15) is 11.6 Å². The highest BCUT2D eigenvalue weighted by Gasteiger charge is 2.23. The number of amides is 1. The number of carbonyl (C=O) groups excluding carboxylic acids is 1. The van der Waals surface area contributed by atoms with E-state index in [9.17, 15) is 9.18 Å². The summed E-state index contributed by atoms with van der Waals surface area (Å²) >= 11 is 0. The van der Waals surface area contributed by atoms with Crippen molar-refractivity contribution >= 4 is 35.8 Å². The van der Waals surface area contributed by atoms with E-state index in [1.54, 1.807) is 19.2 Å². The zero-order valence-electron chi connectivity index (χ0n) is 17.0. The van der Waals surface area contributed by atoms with Crippen molar-refractivity contribution in [2.45, 2.75) is 31.8 Å². The van der Waals surface area contributed by atoms with E-state index in [1.807, 2.05) is 24.3 Å². The van der Waals surface area contributed by atoms with Gasteiger partial charge in [-0.05, 0) is 54.7 Å². The second-order valence-corrected chi connectivity index (χ2v) is 7.00. The molecule has 0 bridgehead atoms. The molecule has 162 valence electrons. The second kappa shape index (κ2) is 12.4. The molecule has 1 fully saturated rings. The van der Waals surface area contributed by atoms with Crippen LogP contribution in [0.4, 0.5) is 4.39 Å². The molecule has 8 heteroatoms. The van der Waals surface area contributed by atoms with E-state index >= 15 is 0 Å². The van der Waals surface area contributed by atoms with Gasteiger partial charge in [-0.2, -0.15) is 0 Å². The smallest absolute Gasteiger partial charge is 0.258 e. The number of benzene rings is 2. The Morgan fingerprint density at radius 3 is 2.37 bits per heavy atom. The average Bonchev–Trinajstić information content (AvgIpc) is 3.55. The van der Waals surface area contributed by atoms with E-state index in [0.29, 0.717) is 30.8 Å². The minimum atomic E-state index is -0.241. The summed E-state index contributed by atoms with van der Waals surface area (Å²) in [5.41, 5.74) is 2.14. The standard InChI is InChI=1S/C22H27FN4O2.HI/c1-24-22(26-14-17-2-6-18(23)7-3-17)25-13-12-16-4-10-20(11-5-16)29-15-21(28)27-19-8-9-19;/h2-7,10-11,19H,8-9,12-15H2,1H3,(H,27,28)(H2,24,25,26);1H. The van der Waals surface area contributed by atoms with Gasteiger partial charge in [-0.15, -0.1) is 24.0 Å². The monoisotopic (exact) mass is 526 g/mol. The summed E-state index contributed by atoms with van der Waals surface area (Å²) in [5.74, 6) is 1.06. The SMILES string of the molecule is CN=C(NCCc1ccc(OCC(=O)NC2CC2)cc1)NCc1ccc(F)cc1.I. The number of nitrogens with one attached hydrogen (secondary N) is 3. The van der Waals surface area contributed by atoms with Crippen molar-refractivity contribution in [3.05, 3.63) is 65.5 Å². The largest absolute Gasteiger partial charge is 0.484 e. The van der Waals surface area contributed by atoms with Crippen LogP contribution in [0.3, 0.4) is 0 Å². The van der Waals surface area contributed by atoms with Gasteiger partial charge in [-0.3, -0.25) is 9.79 Å². The number of rotatable bonds is 9. The van der Waals surface area contributed by atoms with Crippen molar-refractivity contribution in [3.8, 4) is 5.75 Å². The molecule has 2 aromatic carbocycles. The van der Waals surface area contributed by atoms with E-state index in [1.165, 1.54) is 12.1 Å². The van der Waals surface area contributed by atoms with Crippen molar-refractivity contribution in [1.29, 1.82) is 0 Å². The number of hydrogen-bond donors (Lipinski definition) is 3. The number of nitrogens with zero attached hydrogens (tertiary/aromatic N) is 1. The van der Waals surface area contributed by atoms with Crippen LogP contribution in [0.2, 0.25) is 0 Å². The van der Waals surface area contributed by atoms with Crippen molar-refractivity contribution in [2.75, 3.05) is 20.2 Å². The molecule has 0 saturated heterocycles. The van der Waals surface area contributed by atoms with Gasteiger partial charge in [-0.25, -0.2) is 4.39 Å². The molecule has 0 unspecified atom stereocenters. The third-order valence-corrected chi connectivity index (χ3v) is 4.54. The van der Waals surface area contributed by atoms with Crippen molar-refractivity contribution in [2.24, 2.45) is 4.99 Å². The lowest BCUT2D eigenvalue weighted by molar-refractivity contribution is -0.123. The van der Waals surface area contributed by atoms with Gasteiger partial charge in [0.25, 0.3) is 5.91 Å². The molecule has 6 nitrogen and oxygen atoms in total. The zero-order valence-corrected chi connectivity index (χ0v) is 19.3. The Bertz CT molecular complexity index is 824. The molecule has 0 aliphatic heterocycles. The van der Waals surface area contributed by atoms with E-state index in [0.717, 1.165) is 30.4 Å². The van der Waals surface area contributed by atoms with Gasteiger partial charge in [0.2, 0.25) is 0 Å². The maximum atomic E-state index is 12.9. The van der Waals surface area contributed by atoms with E-state index < -0.39 is 0 Å². The predicted octanol–water partition coefficient (Wildman–Crippen LogP) is 3.01. The molecule has 0 aromatic heterocycles. The molecular formula is C22H28FIN4O2. The summed E-state index contributed by atoms with van der Waals surface area (Å²) in [6.07, 6.45) is 2.96. The average molecular weight is 526 g/mol. The molecule has 1 amide bonds. The number of aliphatic imine (C=N–C) groups is 1. The van der Waals surface area contributed by atoms with Crippen LogP contribution in [0.5, 0.6) is 5.75 Å². The van der Waals surface area contributed by atoms with Crippen LogP contribution in [0.25, 0.3) is 0 Å². The van der Waals surface area contributed by atoms with Gasteiger partial charge < -0.3 is 20.7 Å². The van der Waals surface area contributed by atoms with Crippen LogP contribution in [-0.2, 0) is 17.8 Å². The van der Waals surface area contributed by atoms with Gasteiger partial charge >= 0.3 is 0 Å². The van der Waals surface area contributed by atoms with E-state index in [2.05, 4.69) is 20.9 Å². The fourth-order valence-electron chi connectivity index (χ4n) is 2.73. The zero-order chi connectivity index (χ0) is 20.5. The third-order valence-electron chi connectivity index (χ3n) is 4.54. The normalized spacial score (nSPS) is 13.2. The van der Waals surface area contributed by atoms with Gasteiger partial charge in [-0.1, -0.05) is 24.3 Å². The molecule has 30 heavy (non-hydrogen) atoms. The summed E-state index contributed by atoms with van der Waals surface area (Å²) in [5, 5.41) is 9.36. The number of hydrogen-bond acceptors (Lipinski definition) is 3. The molecule has 1 aliphatic carbocycles. The minimum Gasteiger partial charge on any atom is -0.484 e. The quantitative estimate of drug-likeness (QED) is 0.267. The second-order valence-electron chi connectivity index (χ2n) is 7.00. The van der Waals surface area contributed by atoms with E-state index in [-0.39, 0.29) is 42.3 Å². The lowest BCUT2D eigenvalue weighted by atomic mass is 10.1. The van der Waals surface area contributed by atoms with Crippen LogP contribution in [0, 0.1) is 5.82 Å². The Morgan fingerprint density at radius 2 is 1.73 bits per heavy atom. The van der Waals surface area contributed by atoms with Crippen molar-refractivity contribution < 1.29 is 13.9 Å². The maximum absolute atomic E-state index is 12.9. The van der Waals surface area contributed by atoms with Gasteiger partial charge in [0.15, 0.2) is 12.6 Å². The Hall–Kier alpha value is -2.36. The summed E-state index contributed by atoms with van der Waals surface area (Å²) in [6.45, 7) is 1.33. The molecular weight excluding hydrogens is 498 g/mol. The molecule has 3 rings (SSSR count). The first-order valence-corrected chi connectivity index (χ1v) is 9.82. The maximum Gasteiger partial charge on any atom is 0.258 e. The lowest BCUT2D eigenvalue weighted by Gasteiger charge is -2.12. The van der Waals surface area contributed by atoms with Crippen LogP contribution >= 0.6 is 24.0 Å². The van der Waals surface area contributed by atoms with E-state index in [4.69, 9.17) is 4.74 Å². The number of halogens is 2. The first kappa shape index (κ1) is 23.9. The number of carbonyl (C=O) groups is 1. The fourth-order valence-corrected chi connectivity index (χ4v) is 2.73. The molecule has 0 radical (unpaired) electrons. The predicted molar refractivity (Wildman–Crippen MR) is 127 cm³/mol. The van der Waals surface area contributed by atoms with Crippen LogP contribution in [0.1, 0.15) is 24.0 Å². The highest BCUT2D eigenvalue weighted by molar-refractivity contribution is 14.0. The first-order chi connectivity index (χ1) is 14.1. The molecule has 3 N–H and O–H groups in total. The topological polar surface area (TPSA) is 74.8 Å². The fraction of sp³-hybridized carbons (Fsp3) is 0.364. The highest BCUT2D eigenvalue weighted by Crippen LogP contribution is 2.18. The van der Waals surface area contributed by atoms with Gasteiger partial charge in [0.05, 0.1) is 0 Å². The molecule has 0 atom stereocenters. The molecule has 1 aliphatic rings. The first-order valence-electron chi connectivity index (χ1n) is 9.82. The summed E-state index contributed by atoms with van der Waals surface area (Å²) in [6, 6.07) is 14.5. The molecule has 0 heterocycles. The van der Waals surface area contributed by atoms with Crippen molar-refractivity contribution in [3.63, 3.8) is 0 Å².